The second-order valence-electron chi connectivity index (χ2n) is 4.83. The topological polar surface area (TPSA) is 42.0 Å². The van der Waals surface area contributed by atoms with Crippen LogP contribution in [-0.4, -0.2) is 16.9 Å². The van der Waals surface area contributed by atoms with E-state index in [9.17, 15) is 9.18 Å². The summed E-state index contributed by atoms with van der Waals surface area (Å²) in [6.45, 7) is 2.12. The summed E-state index contributed by atoms with van der Waals surface area (Å²) < 4.78 is 13.1. The van der Waals surface area contributed by atoms with Crippen molar-refractivity contribution in [1.29, 1.82) is 0 Å². The number of carbonyl (C=O) groups excluding carboxylic acids is 1. The zero-order chi connectivity index (χ0) is 13.1. The van der Waals surface area contributed by atoms with Crippen molar-refractivity contribution in [3.05, 3.63) is 28.8 Å². The van der Waals surface area contributed by atoms with Crippen LogP contribution in [0, 0.1) is 11.7 Å². The van der Waals surface area contributed by atoms with Crippen LogP contribution in [0.25, 0.3) is 0 Å². The first-order chi connectivity index (χ1) is 8.58. The Labute approximate surface area is 111 Å². The van der Waals surface area contributed by atoms with Crippen LogP contribution in [0.15, 0.2) is 12.3 Å². The number of hydrogen-bond donors (Lipinski definition) is 1. The molecule has 1 N–H and O–H groups in total. The summed E-state index contributed by atoms with van der Waals surface area (Å²) in [6.07, 6.45) is 5.40. The molecule has 0 saturated heterocycles. The van der Waals surface area contributed by atoms with E-state index < -0.39 is 5.82 Å². The molecule has 0 aliphatic heterocycles. The number of carbonyl (C=O) groups is 1. The minimum absolute atomic E-state index is 0.0392. The van der Waals surface area contributed by atoms with Crippen molar-refractivity contribution in [2.75, 3.05) is 0 Å². The minimum Gasteiger partial charge on any atom is -0.349 e. The van der Waals surface area contributed by atoms with Gasteiger partial charge in [0.25, 0.3) is 5.91 Å². The van der Waals surface area contributed by atoms with Crippen molar-refractivity contribution < 1.29 is 9.18 Å². The van der Waals surface area contributed by atoms with E-state index in [1.807, 2.05) is 0 Å². The summed E-state index contributed by atoms with van der Waals surface area (Å²) in [7, 11) is 0. The second kappa shape index (κ2) is 5.65. The Balaban J connectivity index is 2.09. The van der Waals surface area contributed by atoms with Crippen LogP contribution in [0.4, 0.5) is 4.39 Å². The van der Waals surface area contributed by atoms with E-state index in [0.29, 0.717) is 5.92 Å². The molecule has 0 bridgehead atoms. The Morgan fingerprint density at radius 2 is 2.22 bits per heavy atom. The minimum atomic E-state index is -0.554. The van der Waals surface area contributed by atoms with E-state index in [1.54, 1.807) is 0 Å². The van der Waals surface area contributed by atoms with Gasteiger partial charge in [-0.3, -0.25) is 4.79 Å². The highest BCUT2D eigenvalue weighted by Crippen LogP contribution is 2.24. The monoisotopic (exact) mass is 270 g/mol. The molecule has 1 fully saturated rings. The molecule has 1 aliphatic rings. The van der Waals surface area contributed by atoms with Gasteiger partial charge >= 0.3 is 0 Å². The maximum atomic E-state index is 13.1. The summed E-state index contributed by atoms with van der Waals surface area (Å²) in [5.74, 6) is -0.449. The standard InChI is InChI=1S/C13H16ClFN2O/c1-8-4-2-3-5-11(8)17-13(18)10-6-9(15)7-16-12(10)14/h6-8,11H,2-5H2,1H3,(H,17,18). The lowest BCUT2D eigenvalue weighted by molar-refractivity contribution is 0.0909. The van der Waals surface area contributed by atoms with Crippen LogP contribution in [-0.2, 0) is 0 Å². The molecule has 0 aromatic carbocycles. The number of rotatable bonds is 2. The maximum Gasteiger partial charge on any atom is 0.254 e. The number of amides is 1. The predicted molar refractivity (Wildman–Crippen MR) is 68.1 cm³/mol. The zero-order valence-corrected chi connectivity index (χ0v) is 11.0. The van der Waals surface area contributed by atoms with Crippen LogP contribution in [0.1, 0.15) is 43.0 Å². The molecule has 18 heavy (non-hydrogen) atoms. The quantitative estimate of drug-likeness (QED) is 0.839. The second-order valence-corrected chi connectivity index (χ2v) is 5.19. The molecule has 2 atom stereocenters. The average molecular weight is 271 g/mol. The van der Waals surface area contributed by atoms with E-state index >= 15 is 0 Å². The van der Waals surface area contributed by atoms with E-state index in [4.69, 9.17) is 11.6 Å². The number of nitrogens with one attached hydrogen (secondary N) is 1. The highest BCUT2D eigenvalue weighted by Gasteiger charge is 2.24. The van der Waals surface area contributed by atoms with Gasteiger partial charge in [-0.05, 0) is 24.8 Å². The summed E-state index contributed by atoms with van der Waals surface area (Å²) in [6, 6.07) is 1.27. The Morgan fingerprint density at radius 3 is 2.94 bits per heavy atom. The van der Waals surface area contributed by atoms with Gasteiger partial charge in [0.05, 0.1) is 11.8 Å². The molecular weight excluding hydrogens is 255 g/mol. The van der Waals surface area contributed by atoms with Gasteiger partial charge in [-0.2, -0.15) is 0 Å². The third-order valence-electron chi connectivity index (χ3n) is 3.48. The molecule has 2 unspecified atom stereocenters. The first-order valence-corrected chi connectivity index (χ1v) is 6.57. The Morgan fingerprint density at radius 1 is 1.50 bits per heavy atom. The first kappa shape index (κ1) is 13.3. The van der Waals surface area contributed by atoms with E-state index in [0.717, 1.165) is 31.5 Å². The van der Waals surface area contributed by atoms with E-state index in [2.05, 4.69) is 17.2 Å². The number of pyridine rings is 1. The van der Waals surface area contributed by atoms with Crippen molar-refractivity contribution in [3.63, 3.8) is 0 Å². The molecule has 1 aliphatic carbocycles. The molecule has 1 aromatic rings. The average Bonchev–Trinajstić information content (AvgIpc) is 2.35. The number of halogens is 2. The fourth-order valence-corrected chi connectivity index (χ4v) is 2.55. The lowest BCUT2D eigenvalue weighted by atomic mass is 9.86. The molecule has 0 radical (unpaired) electrons. The summed E-state index contributed by atoms with van der Waals surface area (Å²) in [4.78, 5) is 15.7. The molecule has 98 valence electrons. The van der Waals surface area contributed by atoms with Gasteiger partial charge < -0.3 is 5.32 Å². The van der Waals surface area contributed by atoms with E-state index in [1.165, 1.54) is 6.42 Å². The highest BCUT2D eigenvalue weighted by molar-refractivity contribution is 6.32. The number of aromatic nitrogens is 1. The fraction of sp³-hybridized carbons (Fsp3) is 0.538. The number of nitrogens with zero attached hydrogens (tertiary/aromatic N) is 1. The van der Waals surface area contributed by atoms with Crippen LogP contribution in [0.2, 0.25) is 5.15 Å². The van der Waals surface area contributed by atoms with E-state index in [-0.39, 0.29) is 22.7 Å². The maximum absolute atomic E-state index is 13.1. The van der Waals surface area contributed by atoms with Crippen molar-refractivity contribution in [2.24, 2.45) is 5.92 Å². The first-order valence-electron chi connectivity index (χ1n) is 6.20. The highest BCUT2D eigenvalue weighted by atomic mass is 35.5. The fourth-order valence-electron chi connectivity index (χ4n) is 2.36. The molecule has 3 nitrogen and oxygen atoms in total. The van der Waals surface area contributed by atoms with Gasteiger partial charge in [0.2, 0.25) is 0 Å². The molecule has 1 heterocycles. The Hall–Kier alpha value is -1.16. The molecule has 1 saturated carbocycles. The van der Waals surface area contributed by atoms with Gasteiger partial charge in [0.15, 0.2) is 0 Å². The van der Waals surface area contributed by atoms with Crippen LogP contribution in [0.5, 0.6) is 0 Å². The summed E-state index contributed by atoms with van der Waals surface area (Å²) >= 11 is 5.81. The summed E-state index contributed by atoms with van der Waals surface area (Å²) in [5, 5.41) is 2.96. The molecule has 1 aromatic heterocycles. The van der Waals surface area contributed by atoms with Gasteiger partial charge in [-0.15, -0.1) is 0 Å². The number of hydrogen-bond acceptors (Lipinski definition) is 2. The third kappa shape index (κ3) is 2.99. The van der Waals surface area contributed by atoms with Crippen molar-refractivity contribution in [1.82, 2.24) is 10.3 Å². The predicted octanol–water partition coefficient (Wildman–Crippen LogP) is 3.18. The molecular formula is C13H16ClFN2O. The van der Waals surface area contributed by atoms with Gasteiger partial charge in [0, 0.05) is 6.04 Å². The lowest BCUT2D eigenvalue weighted by Gasteiger charge is -2.29. The van der Waals surface area contributed by atoms with Gasteiger partial charge in [-0.25, -0.2) is 9.37 Å². The van der Waals surface area contributed by atoms with Crippen molar-refractivity contribution >= 4 is 17.5 Å². The zero-order valence-electron chi connectivity index (χ0n) is 10.2. The smallest absolute Gasteiger partial charge is 0.254 e. The lowest BCUT2D eigenvalue weighted by Crippen LogP contribution is -2.41. The summed E-state index contributed by atoms with van der Waals surface area (Å²) in [5.41, 5.74) is 0.106. The molecule has 2 rings (SSSR count). The third-order valence-corrected chi connectivity index (χ3v) is 3.78. The van der Waals surface area contributed by atoms with Crippen LogP contribution < -0.4 is 5.32 Å². The SMILES string of the molecule is CC1CCCCC1NC(=O)c1cc(F)cnc1Cl. The Bertz CT molecular complexity index is 453. The van der Waals surface area contributed by atoms with Crippen LogP contribution >= 0.6 is 11.6 Å². The van der Waals surface area contributed by atoms with Gasteiger partial charge in [-0.1, -0.05) is 31.4 Å². The Kier molecular flexibility index (Phi) is 4.17. The van der Waals surface area contributed by atoms with Gasteiger partial charge in [0.1, 0.15) is 11.0 Å². The molecule has 5 heteroatoms. The largest absolute Gasteiger partial charge is 0.349 e. The van der Waals surface area contributed by atoms with Crippen LogP contribution in [0.3, 0.4) is 0 Å². The molecule has 1 amide bonds. The van der Waals surface area contributed by atoms with Crippen molar-refractivity contribution in [3.8, 4) is 0 Å². The van der Waals surface area contributed by atoms with Crippen molar-refractivity contribution in [2.45, 2.75) is 38.6 Å². The molecule has 0 spiro atoms. The normalized spacial score (nSPS) is 23.7.